The summed E-state index contributed by atoms with van der Waals surface area (Å²) in [5, 5.41) is 8.77. The van der Waals surface area contributed by atoms with Gasteiger partial charge in [0.2, 0.25) is 0 Å². The predicted molar refractivity (Wildman–Crippen MR) is 71.7 cm³/mol. The Balaban J connectivity index is 2.87. The minimum Gasteiger partial charge on any atom is -0.497 e. The van der Waals surface area contributed by atoms with E-state index in [9.17, 15) is 9.59 Å². The van der Waals surface area contributed by atoms with Crippen LogP contribution < -0.4 is 9.64 Å². The number of benzene rings is 1. The van der Waals surface area contributed by atoms with Gasteiger partial charge in [0, 0.05) is 25.3 Å². The molecule has 0 spiro atoms. The van der Waals surface area contributed by atoms with Crippen molar-refractivity contribution in [3.05, 3.63) is 24.3 Å². The summed E-state index contributed by atoms with van der Waals surface area (Å²) >= 11 is 0. The number of ether oxygens (including phenoxy) is 1. The number of aliphatic carboxylic acids is 1. The molecule has 1 aromatic rings. The summed E-state index contributed by atoms with van der Waals surface area (Å²) in [6, 6.07) is 6.65. The number of likely N-dealkylation sites (N-methyl/N-ethyl adjacent to an activating group) is 1. The van der Waals surface area contributed by atoms with E-state index in [2.05, 4.69) is 0 Å². The van der Waals surface area contributed by atoms with Crippen LogP contribution in [-0.4, -0.2) is 49.3 Å². The molecule has 0 radical (unpaired) electrons. The van der Waals surface area contributed by atoms with Crippen LogP contribution in [0.2, 0.25) is 0 Å². The molecule has 6 nitrogen and oxygen atoms in total. The molecule has 1 N–H and O–H groups in total. The second-order valence-corrected chi connectivity index (χ2v) is 3.95. The van der Waals surface area contributed by atoms with Gasteiger partial charge in [0.05, 0.1) is 7.11 Å². The quantitative estimate of drug-likeness (QED) is 0.879. The van der Waals surface area contributed by atoms with Gasteiger partial charge in [-0.15, -0.1) is 0 Å². The summed E-state index contributed by atoms with van der Waals surface area (Å²) < 4.78 is 5.09. The third kappa shape index (κ3) is 3.87. The van der Waals surface area contributed by atoms with Gasteiger partial charge in [-0.1, -0.05) is 6.07 Å². The first-order chi connectivity index (χ1) is 8.99. The summed E-state index contributed by atoms with van der Waals surface area (Å²) in [6.07, 6.45) is 0. The van der Waals surface area contributed by atoms with Gasteiger partial charge < -0.3 is 14.7 Å². The number of rotatable bonds is 5. The van der Waals surface area contributed by atoms with Crippen molar-refractivity contribution in [1.29, 1.82) is 0 Å². The topological polar surface area (TPSA) is 70.1 Å². The Morgan fingerprint density at radius 2 is 2.05 bits per heavy atom. The molecular weight excluding hydrogens is 248 g/mol. The smallest absolute Gasteiger partial charge is 0.324 e. The SMILES string of the molecule is CCN(CC(=O)O)C(=O)N(C)c1cccc(OC)c1. The number of amides is 2. The van der Waals surface area contributed by atoms with E-state index in [1.165, 1.54) is 9.80 Å². The standard InChI is InChI=1S/C13H18N2O4/c1-4-15(9-12(16)17)13(18)14(2)10-6-5-7-11(8-10)19-3/h5-8H,4,9H2,1-3H3,(H,16,17). The normalized spacial score (nSPS) is 9.84. The van der Waals surface area contributed by atoms with Crippen molar-refractivity contribution in [2.45, 2.75) is 6.92 Å². The van der Waals surface area contributed by atoms with Crippen LogP contribution in [0.5, 0.6) is 5.75 Å². The Bertz CT molecular complexity index is 462. The number of carboxylic acid groups (broad SMARTS) is 1. The number of hydrogen-bond donors (Lipinski definition) is 1. The number of hydrogen-bond acceptors (Lipinski definition) is 3. The van der Waals surface area contributed by atoms with Crippen molar-refractivity contribution in [2.24, 2.45) is 0 Å². The molecular formula is C13H18N2O4. The second-order valence-electron chi connectivity index (χ2n) is 3.95. The third-order valence-corrected chi connectivity index (χ3v) is 2.71. The van der Waals surface area contributed by atoms with Gasteiger partial charge in [0.1, 0.15) is 12.3 Å². The molecule has 0 atom stereocenters. The molecule has 0 unspecified atom stereocenters. The Kier molecular flexibility index (Phi) is 5.17. The Morgan fingerprint density at radius 3 is 2.58 bits per heavy atom. The van der Waals surface area contributed by atoms with Crippen molar-refractivity contribution in [3.8, 4) is 5.75 Å². The molecule has 0 aliphatic rings. The summed E-state index contributed by atoms with van der Waals surface area (Å²) in [7, 11) is 3.14. The average molecular weight is 266 g/mol. The number of carbonyl (C=O) groups is 2. The van der Waals surface area contributed by atoms with Gasteiger partial charge in [-0.3, -0.25) is 9.69 Å². The fourth-order valence-electron chi connectivity index (χ4n) is 1.62. The lowest BCUT2D eigenvalue weighted by molar-refractivity contribution is -0.137. The zero-order valence-electron chi connectivity index (χ0n) is 11.3. The highest BCUT2D eigenvalue weighted by Gasteiger charge is 2.20. The predicted octanol–water partition coefficient (Wildman–Crippen LogP) is 1.66. The molecule has 2 amide bonds. The third-order valence-electron chi connectivity index (χ3n) is 2.71. The van der Waals surface area contributed by atoms with Gasteiger partial charge in [-0.05, 0) is 19.1 Å². The summed E-state index contributed by atoms with van der Waals surface area (Å²) in [5.74, 6) is -0.396. The van der Waals surface area contributed by atoms with Gasteiger partial charge >= 0.3 is 12.0 Å². The van der Waals surface area contributed by atoms with Gasteiger partial charge in [-0.2, -0.15) is 0 Å². The summed E-state index contributed by atoms with van der Waals surface area (Å²) in [5.41, 5.74) is 0.646. The first-order valence-electron chi connectivity index (χ1n) is 5.88. The van der Waals surface area contributed by atoms with Crippen molar-refractivity contribution < 1.29 is 19.4 Å². The van der Waals surface area contributed by atoms with E-state index >= 15 is 0 Å². The zero-order chi connectivity index (χ0) is 14.4. The molecule has 0 saturated carbocycles. The molecule has 6 heteroatoms. The average Bonchev–Trinajstić information content (AvgIpc) is 2.43. The number of urea groups is 1. The molecule has 104 valence electrons. The molecule has 0 heterocycles. The van der Waals surface area contributed by atoms with Crippen molar-refractivity contribution in [3.63, 3.8) is 0 Å². The molecule has 0 aliphatic heterocycles. The maximum Gasteiger partial charge on any atom is 0.324 e. The lowest BCUT2D eigenvalue weighted by Gasteiger charge is -2.26. The van der Waals surface area contributed by atoms with Crippen LogP contribution >= 0.6 is 0 Å². The minimum absolute atomic E-state index is 0.316. The van der Waals surface area contributed by atoms with E-state index in [-0.39, 0.29) is 12.6 Å². The molecule has 1 aromatic carbocycles. The van der Waals surface area contributed by atoms with Crippen LogP contribution in [0.1, 0.15) is 6.92 Å². The van der Waals surface area contributed by atoms with Gasteiger partial charge in [0.15, 0.2) is 0 Å². The fraction of sp³-hybridized carbons (Fsp3) is 0.385. The highest BCUT2D eigenvalue weighted by atomic mass is 16.5. The second kappa shape index (κ2) is 6.63. The molecule has 19 heavy (non-hydrogen) atoms. The van der Waals surface area contributed by atoms with Crippen LogP contribution in [0.25, 0.3) is 0 Å². The minimum atomic E-state index is -1.03. The van der Waals surface area contributed by atoms with Crippen LogP contribution in [-0.2, 0) is 4.79 Å². The lowest BCUT2D eigenvalue weighted by Crippen LogP contribution is -2.43. The van der Waals surface area contributed by atoms with E-state index in [0.717, 1.165) is 0 Å². The first-order valence-corrected chi connectivity index (χ1v) is 5.88. The molecule has 0 saturated heterocycles. The Morgan fingerprint density at radius 1 is 1.37 bits per heavy atom. The Hall–Kier alpha value is -2.24. The number of carboxylic acids is 1. The van der Waals surface area contributed by atoms with Crippen molar-refractivity contribution in [1.82, 2.24) is 4.90 Å². The number of anilines is 1. The van der Waals surface area contributed by atoms with E-state index < -0.39 is 5.97 Å². The zero-order valence-corrected chi connectivity index (χ0v) is 11.3. The molecule has 0 fully saturated rings. The number of carbonyl (C=O) groups excluding carboxylic acids is 1. The van der Waals surface area contributed by atoms with E-state index in [1.54, 1.807) is 45.3 Å². The van der Waals surface area contributed by atoms with Gasteiger partial charge in [0.25, 0.3) is 0 Å². The van der Waals surface area contributed by atoms with Crippen molar-refractivity contribution >= 4 is 17.7 Å². The van der Waals surface area contributed by atoms with Crippen LogP contribution in [0.15, 0.2) is 24.3 Å². The molecule has 0 aliphatic carbocycles. The van der Waals surface area contributed by atoms with Crippen LogP contribution in [0.3, 0.4) is 0 Å². The maximum atomic E-state index is 12.2. The van der Waals surface area contributed by atoms with E-state index in [1.807, 2.05) is 0 Å². The highest BCUT2D eigenvalue weighted by Crippen LogP contribution is 2.20. The molecule has 0 aromatic heterocycles. The first kappa shape index (κ1) is 14.8. The van der Waals surface area contributed by atoms with E-state index in [0.29, 0.717) is 18.0 Å². The largest absolute Gasteiger partial charge is 0.497 e. The summed E-state index contributed by atoms with van der Waals surface area (Å²) in [6.45, 7) is 1.75. The fourth-order valence-corrected chi connectivity index (χ4v) is 1.62. The van der Waals surface area contributed by atoms with Crippen LogP contribution in [0.4, 0.5) is 10.5 Å². The Labute approximate surface area is 112 Å². The highest BCUT2D eigenvalue weighted by molar-refractivity contribution is 5.93. The molecule has 1 rings (SSSR count). The number of methoxy groups -OCH3 is 1. The van der Waals surface area contributed by atoms with Crippen molar-refractivity contribution in [2.75, 3.05) is 32.1 Å². The maximum absolute atomic E-state index is 12.2. The lowest BCUT2D eigenvalue weighted by atomic mass is 10.3. The summed E-state index contributed by atoms with van der Waals surface area (Å²) in [4.78, 5) is 25.5. The van der Waals surface area contributed by atoms with E-state index in [4.69, 9.17) is 9.84 Å². The molecule has 0 bridgehead atoms. The van der Waals surface area contributed by atoms with Gasteiger partial charge in [-0.25, -0.2) is 4.79 Å². The number of nitrogens with zero attached hydrogens (tertiary/aromatic N) is 2. The monoisotopic (exact) mass is 266 g/mol. The van der Waals surface area contributed by atoms with Crippen LogP contribution in [0, 0.1) is 0 Å².